The van der Waals surface area contributed by atoms with Crippen LogP contribution in [0.1, 0.15) is 5.56 Å². The van der Waals surface area contributed by atoms with Crippen molar-refractivity contribution in [3.05, 3.63) is 17.7 Å². The van der Waals surface area contributed by atoms with Crippen LogP contribution in [0.3, 0.4) is 0 Å². The predicted molar refractivity (Wildman–Crippen MR) is 66.2 cm³/mol. The van der Waals surface area contributed by atoms with E-state index in [1.165, 1.54) is 26.4 Å². The predicted octanol–water partition coefficient (Wildman–Crippen LogP) is 2.53. The van der Waals surface area contributed by atoms with Crippen molar-refractivity contribution < 1.29 is 27.4 Å². The summed E-state index contributed by atoms with van der Waals surface area (Å²) >= 11 is 0. The Morgan fingerprint density at radius 1 is 1.11 bits per heavy atom. The van der Waals surface area contributed by atoms with E-state index in [9.17, 15) is 13.2 Å². The van der Waals surface area contributed by atoms with E-state index in [1.807, 2.05) is 0 Å². The van der Waals surface area contributed by atoms with Crippen molar-refractivity contribution in [2.75, 3.05) is 20.8 Å². The Balaban J connectivity index is 0.00000324. The SMILES string of the molecule is COc1cc(CCN)cc(OC)c1OC(F)(F)F.Cl. The highest BCUT2D eigenvalue weighted by molar-refractivity contribution is 5.85. The van der Waals surface area contributed by atoms with Gasteiger partial charge in [0.2, 0.25) is 5.75 Å². The van der Waals surface area contributed by atoms with Crippen LogP contribution in [0.4, 0.5) is 13.2 Å². The number of rotatable bonds is 5. The number of ether oxygens (including phenoxy) is 3. The first kappa shape index (κ1) is 17.7. The molecule has 0 spiro atoms. The van der Waals surface area contributed by atoms with Gasteiger partial charge in [-0.2, -0.15) is 0 Å². The molecule has 0 aliphatic rings. The van der Waals surface area contributed by atoms with E-state index in [0.717, 1.165) is 0 Å². The van der Waals surface area contributed by atoms with E-state index in [1.54, 1.807) is 0 Å². The minimum Gasteiger partial charge on any atom is -0.493 e. The van der Waals surface area contributed by atoms with Crippen molar-refractivity contribution >= 4 is 12.4 Å². The molecule has 0 aliphatic heterocycles. The third kappa shape index (κ3) is 5.04. The Bertz CT molecular complexity index is 388. The number of halogens is 4. The zero-order valence-corrected chi connectivity index (χ0v) is 11.2. The first-order chi connectivity index (χ1) is 8.41. The molecule has 0 unspecified atom stereocenters. The number of methoxy groups -OCH3 is 2. The lowest BCUT2D eigenvalue weighted by atomic mass is 10.1. The van der Waals surface area contributed by atoms with E-state index in [0.29, 0.717) is 18.5 Å². The quantitative estimate of drug-likeness (QED) is 0.908. The summed E-state index contributed by atoms with van der Waals surface area (Å²) in [5.41, 5.74) is 6.10. The molecule has 1 aromatic carbocycles. The molecule has 4 nitrogen and oxygen atoms in total. The van der Waals surface area contributed by atoms with Crippen LogP contribution in [0.15, 0.2) is 12.1 Å². The molecule has 0 heterocycles. The normalized spacial score (nSPS) is 10.6. The van der Waals surface area contributed by atoms with Crippen molar-refractivity contribution in [2.24, 2.45) is 5.73 Å². The van der Waals surface area contributed by atoms with Gasteiger partial charge in [0.1, 0.15) is 0 Å². The van der Waals surface area contributed by atoms with Gasteiger partial charge in [0.25, 0.3) is 0 Å². The topological polar surface area (TPSA) is 53.7 Å². The van der Waals surface area contributed by atoms with Gasteiger partial charge >= 0.3 is 6.36 Å². The lowest BCUT2D eigenvalue weighted by Crippen LogP contribution is -2.18. The molecule has 19 heavy (non-hydrogen) atoms. The van der Waals surface area contributed by atoms with Crippen LogP contribution >= 0.6 is 12.4 Å². The number of hydrogen-bond donors (Lipinski definition) is 1. The molecule has 0 aromatic heterocycles. The lowest BCUT2D eigenvalue weighted by Gasteiger charge is -2.16. The molecule has 0 fully saturated rings. The molecule has 0 amide bonds. The van der Waals surface area contributed by atoms with Crippen LogP contribution in [0.2, 0.25) is 0 Å². The van der Waals surface area contributed by atoms with Gasteiger partial charge in [0, 0.05) is 0 Å². The van der Waals surface area contributed by atoms with Crippen LogP contribution in [-0.4, -0.2) is 27.1 Å². The molecule has 0 radical (unpaired) electrons. The maximum atomic E-state index is 12.3. The lowest BCUT2D eigenvalue weighted by molar-refractivity contribution is -0.275. The zero-order valence-electron chi connectivity index (χ0n) is 10.4. The van der Waals surface area contributed by atoms with Gasteiger partial charge in [-0.3, -0.25) is 0 Å². The largest absolute Gasteiger partial charge is 0.573 e. The van der Waals surface area contributed by atoms with Crippen LogP contribution < -0.4 is 19.9 Å². The maximum Gasteiger partial charge on any atom is 0.573 e. The fourth-order valence-corrected chi connectivity index (χ4v) is 1.46. The van der Waals surface area contributed by atoms with E-state index < -0.39 is 12.1 Å². The first-order valence-corrected chi connectivity index (χ1v) is 5.12. The summed E-state index contributed by atoms with van der Waals surface area (Å²) in [5, 5.41) is 0. The van der Waals surface area contributed by atoms with E-state index in [4.69, 9.17) is 15.2 Å². The fraction of sp³-hybridized carbons (Fsp3) is 0.455. The van der Waals surface area contributed by atoms with Gasteiger partial charge in [-0.05, 0) is 30.7 Å². The number of nitrogens with two attached hydrogens (primary N) is 1. The van der Waals surface area contributed by atoms with Gasteiger partial charge in [-0.15, -0.1) is 25.6 Å². The highest BCUT2D eigenvalue weighted by Crippen LogP contribution is 2.41. The van der Waals surface area contributed by atoms with E-state index in [-0.39, 0.29) is 23.9 Å². The van der Waals surface area contributed by atoms with Gasteiger partial charge in [-0.25, -0.2) is 0 Å². The summed E-state index contributed by atoms with van der Waals surface area (Å²) in [6, 6.07) is 2.88. The summed E-state index contributed by atoms with van der Waals surface area (Å²) in [4.78, 5) is 0. The molecule has 0 saturated heterocycles. The highest BCUT2D eigenvalue weighted by Gasteiger charge is 2.34. The average molecular weight is 302 g/mol. The summed E-state index contributed by atoms with van der Waals surface area (Å²) in [6.45, 7) is 0.367. The Labute approximate surface area is 115 Å². The minimum absolute atomic E-state index is 0. The van der Waals surface area contributed by atoms with Gasteiger partial charge in [0.15, 0.2) is 11.5 Å². The van der Waals surface area contributed by atoms with Crippen LogP contribution in [0, 0.1) is 0 Å². The van der Waals surface area contributed by atoms with Crippen molar-refractivity contribution in [3.63, 3.8) is 0 Å². The molecule has 0 aliphatic carbocycles. The second-order valence-electron chi connectivity index (χ2n) is 3.42. The molecule has 0 bridgehead atoms. The smallest absolute Gasteiger partial charge is 0.493 e. The molecular formula is C11H15ClF3NO3. The van der Waals surface area contributed by atoms with Crippen LogP contribution in [0.5, 0.6) is 17.2 Å². The average Bonchev–Trinajstić information content (AvgIpc) is 2.29. The minimum atomic E-state index is -4.81. The van der Waals surface area contributed by atoms with Crippen molar-refractivity contribution in [1.29, 1.82) is 0 Å². The summed E-state index contributed by atoms with van der Waals surface area (Å²) < 4.78 is 50.5. The van der Waals surface area contributed by atoms with Gasteiger partial charge in [-0.1, -0.05) is 0 Å². The van der Waals surface area contributed by atoms with Crippen molar-refractivity contribution in [3.8, 4) is 17.2 Å². The number of alkyl halides is 3. The highest BCUT2D eigenvalue weighted by atomic mass is 35.5. The van der Waals surface area contributed by atoms with Gasteiger partial charge in [0.05, 0.1) is 14.2 Å². The molecule has 0 atom stereocenters. The number of benzene rings is 1. The molecule has 1 rings (SSSR count). The van der Waals surface area contributed by atoms with E-state index in [2.05, 4.69) is 4.74 Å². The molecule has 1 aromatic rings. The standard InChI is InChI=1S/C11H14F3NO3.ClH/c1-16-8-5-7(3-4-15)6-9(17-2)10(8)18-11(12,13)14;/h5-6H,3-4,15H2,1-2H3;1H. The van der Waals surface area contributed by atoms with Crippen LogP contribution in [0.25, 0.3) is 0 Å². The fourth-order valence-electron chi connectivity index (χ4n) is 1.46. The Hall–Kier alpha value is -1.34. The van der Waals surface area contributed by atoms with E-state index >= 15 is 0 Å². The zero-order chi connectivity index (χ0) is 13.8. The monoisotopic (exact) mass is 301 g/mol. The first-order valence-electron chi connectivity index (χ1n) is 5.12. The Kier molecular flexibility index (Phi) is 6.78. The molecular weight excluding hydrogens is 287 g/mol. The van der Waals surface area contributed by atoms with Crippen molar-refractivity contribution in [1.82, 2.24) is 0 Å². The summed E-state index contributed by atoms with van der Waals surface area (Å²) in [5.74, 6) is -0.585. The second kappa shape index (κ2) is 7.30. The van der Waals surface area contributed by atoms with Crippen molar-refractivity contribution in [2.45, 2.75) is 12.8 Å². The number of hydrogen-bond acceptors (Lipinski definition) is 4. The second-order valence-corrected chi connectivity index (χ2v) is 3.42. The molecule has 110 valence electrons. The Morgan fingerprint density at radius 3 is 1.89 bits per heavy atom. The van der Waals surface area contributed by atoms with Gasteiger partial charge < -0.3 is 19.9 Å². The molecule has 0 saturated carbocycles. The molecule has 2 N–H and O–H groups in total. The third-order valence-corrected chi connectivity index (χ3v) is 2.17. The maximum absolute atomic E-state index is 12.3. The summed E-state index contributed by atoms with van der Waals surface area (Å²) in [6.07, 6.45) is -4.31. The summed E-state index contributed by atoms with van der Waals surface area (Å²) in [7, 11) is 2.51. The third-order valence-electron chi connectivity index (χ3n) is 2.17. The molecule has 8 heteroatoms. The van der Waals surface area contributed by atoms with Crippen LogP contribution in [-0.2, 0) is 6.42 Å². The Morgan fingerprint density at radius 2 is 1.58 bits per heavy atom.